The standard InChI is InChI=1S/C12H16BrN3O2/c1-2-16(8-11(14)15-18)12(17)7-9-3-5-10(13)6-4-9/h3-6,18H,2,7-8H2,1H3,(H2,14,15). The smallest absolute Gasteiger partial charge is 0.227 e. The van der Waals surface area contributed by atoms with Crippen LogP contribution in [0, 0.1) is 0 Å². The summed E-state index contributed by atoms with van der Waals surface area (Å²) in [6.07, 6.45) is 0.305. The van der Waals surface area contributed by atoms with Crippen molar-refractivity contribution in [3.05, 3.63) is 34.3 Å². The summed E-state index contributed by atoms with van der Waals surface area (Å²) in [5.41, 5.74) is 6.33. The summed E-state index contributed by atoms with van der Waals surface area (Å²) in [5.74, 6) is -0.0209. The average molecular weight is 314 g/mol. The summed E-state index contributed by atoms with van der Waals surface area (Å²) < 4.78 is 0.975. The van der Waals surface area contributed by atoms with Gasteiger partial charge in [-0.2, -0.15) is 0 Å². The van der Waals surface area contributed by atoms with Crippen LogP contribution in [0.4, 0.5) is 0 Å². The Labute approximate surface area is 114 Å². The van der Waals surface area contributed by atoms with Crippen LogP contribution < -0.4 is 5.73 Å². The number of carbonyl (C=O) groups excluding carboxylic acids is 1. The van der Waals surface area contributed by atoms with E-state index in [1.165, 1.54) is 4.90 Å². The maximum Gasteiger partial charge on any atom is 0.227 e. The van der Waals surface area contributed by atoms with Gasteiger partial charge in [-0.25, -0.2) is 0 Å². The molecule has 1 amide bonds. The number of rotatable bonds is 5. The highest BCUT2D eigenvalue weighted by Crippen LogP contribution is 2.11. The van der Waals surface area contributed by atoms with Crippen molar-refractivity contribution in [1.29, 1.82) is 0 Å². The van der Waals surface area contributed by atoms with E-state index >= 15 is 0 Å². The maximum absolute atomic E-state index is 12.0. The Bertz CT molecular complexity index is 431. The molecule has 0 spiro atoms. The number of oxime groups is 1. The lowest BCUT2D eigenvalue weighted by atomic mass is 10.1. The molecule has 0 unspecified atom stereocenters. The lowest BCUT2D eigenvalue weighted by molar-refractivity contribution is -0.129. The number of nitrogens with zero attached hydrogens (tertiary/aromatic N) is 2. The second kappa shape index (κ2) is 7.00. The van der Waals surface area contributed by atoms with Crippen molar-refractivity contribution in [3.63, 3.8) is 0 Å². The Hall–Kier alpha value is -1.56. The SMILES string of the molecule is CCN(C/C(N)=N/O)C(=O)Cc1ccc(Br)cc1. The molecule has 0 saturated heterocycles. The summed E-state index contributed by atoms with van der Waals surface area (Å²) in [7, 11) is 0. The first-order valence-electron chi connectivity index (χ1n) is 5.55. The molecule has 1 aromatic rings. The topological polar surface area (TPSA) is 78.9 Å². The number of likely N-dealkylation sites (N-methyl/N-ethyl adjacent to an activating group) is 1. The lowest BCUT2D eigenvalue weighted by Crippen LogP contribution is -2.39. The van der Waals surface area contributed by atoms with Crippen LogP contribution in [-0.4, -0.2) is 34.9 Å². The number of nitrogens with two attached hydrogens (primary N) is 1. The van der Waals surface area contributed by atoms with Crippen molar-refractivity contribution in [1.82, 2.24) is 4.90 Å². The third kappa shape index (κ3) is 4.37. The predicted molar refractivity (Wildman–Crippen MR) is 73.5 cm³/mol. The molecule has 0 fully saturated rings. The molecule has 0 bridgehead atoms. The number of amidine groups is 1. The quantitative estimate of drug-likeness (QED) is 0.375. The van der Waals surface area contributed by atoms with Crippen LogP contribution >= 0.6 is 15.9 Å². The monoisotopic (exact) mass is 313 g/mol. The number of carbonyl (C=O) groups is 1. The first-order chi connectivity index (χ1) is 8.56. The molecule has 0 saturated carbocycles. The van der Waals surface area contributed by atoms with E-state index in [2.05, 4.69) is 21.1 Å². The third-order valence-corrected chi connectivity index (χ3v) is 3.01. The fourth-order valence-electron chi connectivity index (χ4n) is 1.49. The van der Waals surface area contributed by atoms with Gasteiger partial charge in [-0.05, 0) is 24.6 Å². The van der Waals surface area contributed by atoms with Crippen LogP contribution in [0.2, 0.25) is 0 Å². The van der Waals surface area contributed by atoms with E-state index in [1.54, 1.807) is 0 Å². The molecule has 0 radical (unpaired) electrons. The lowest BCUT2D eigenvalue weighted by Gasteiger charge is -2.20. The fourth-order valence-corrected chi connectivity index (χ4v) is 1.76. The van der Waals surface area contributed by atoms with Gasteiger partial charge < -0.3 is 15.8 Å². The molecule has 3 N–H and O–H groups in total. The highest BCUT2D eigenvalue weighted by Gasteiger charge is 2.13. The molecule has 98 valence electrons. The number of hydrogen-bond acceptors (Lipinski definition) is 3. The number of halogens is 1. The fraction of sp³-hybridized carbons (Fsp3) is 0.333. The molecule has 0 atom stereocenters. The molecule has 0 aliphatic carbocycles. The van der Waals surface area contributed by atoms with Crippen LogP contribution in [0.1, 0.15) is 12.5 Å². The molecule has 1 aromatic carbocycles. The minimum atomic E-state index is -0.0496. The van der Waals surface area contributed by atoms with Gasteiger partial charge in [-0.15, -0.1) is 0 Å². The Morgan fingerprint density at radius 2 is 2.06 bits per heavy atom. The van der Waals surface area contributed by atoms with Crippen molar-refractivity contribution in [2.24, 2.45) is 10.9 Å². The third-order valence-electron chi connectivity index (χ3n) is 2.48. The van der Waals surface area contributed by atoms with Crippen LogP contribution in [-0.2, 0) is 11.2 Å². The number of benzene rings is 1. The van der Waals surface area contributed by atoms with Crippen molar-refractivity contribution < 1.29 is 10.0 Å². The molecule has 0 aromatic heterocycles. The predicted octanol–water partition coefficient (Wildman–Crippen LogP) is 1.59. The van der Waals surface area contributed by atoms with Crippen LogP contribution in [0.25, 0.3) is 0 Å². The van der Waals surface area contributed by atoms with Gasteiger partial charge in [-0.3, -0.25) is 4.79 Å². The molecular formula is C12H16BrN3O2. The zero-order valence-corrected chi connectivity index (χ0v) is 11.7. The molecule has 18 heavy (non-hydrogen) atoms. The van der Waals surface area contributed by atoms with Crippen LogP contribution in [0.15, 0.2) is 33.9 Å². The average Bonchev–Trinajstić information content (AvgIpc) is 2.38. The molecule has 0 heterocycles. The molecular weight excluding hydrogens is 298 g/mol. The van der Waals surface area contributed by atoms with Gasteiger partial charge in [-0.1, -0.05) is 33.2 Å². The maximum atomic E-state index is 12.0. The van der Waals surface area contributed by atoms with Gasteiger partial charge in [0.05, 0.1) is 13.0 Å². The van der Waals surface area contributed by atoms with Crippen molar-refractivity contribution in [2.75, 3.05) is 13.1 Å². The normalized spacial score (nSPS) is 11.3. The first-order valence-corrected chi connectivity index (χ1v) is 6.34. The Morgan fingerprint density at radius 3 is 2.56 bits per heavy atom. The summed E-state index contributed by atoms with van der Waals surface area (Å²) >= 11 is 3.34. The zero-order valence-electron chi connectivity index (χ0n) is 10.1. The van der Waals surface area contributed by atoms with E-state index in [4.69, 9.17) is 10.9 Å². The minimum Gasteiger partial charge on any atom is -0.409 e. The Kier molecular flexibility index (Phi) is 5.64. The van der Waals surface area contributed by atoms with Gasteiger partial charge in [0.2, 0.25) is 5.91 Å². The first kappa shape index (κ1) is 14.5. The van der Waals surface area contributed by atoms with Crippen molar-refractivity contribution in [3.8, 4) is 0 Å². The van der Waals surface area contributed by atoms with E-state index < -0.39 is 0 Å². The van der Waals surface area contributed by atoms with Gasteiger partial charge in [0.25, 0.3) is 0 Å². The summed E-state index contributed by atoms with van der Waals surface area (Å²) in [6.45, 7) is 2.51. The van der Waals surface area contributed by atoms with Gasteiger partial charge in [0.1, 0.15) is 0 Å². The molecule has 5 nitrogen and oxygen atoms in total. The van der Waals surface area contributed by atoms with Gasteiger partial charge in [0.15, 0.2) is 5.84 Å². The van der Waals surface area contributed by atoms with E-state index in [0.717, 1.165) is 10.0 Å². The second-order valence-corrected chi connectivity index (χ2v) is 4.72. The van der Waals surface area contributed by atoms with Crippen LogP contribution in [0.5, 0.6) is 0 Å². The van der Waals surface area contributed by atoms with Crippen molar-refractivity contribution >= 4 is 27.7 Å². The summed E-state index contributed by atoms with van der Waals surface area (Å²) in [4.78, 5) is 13.5. The van der Waals surface area contributed by atoms with E-state index in [9.17, 15) is 4.79 Å². The van der Waals surface area contributed by atoms with Crippen LogP contribution in [0.3, 0.4) is 0 Å². The summed E-state index contributed by atoms with van der Waals surface area (Å²) in [5, 5.41) is 11.4. The number of hydrogen-bond donors (Lipinski definition) is 2. The second-order valence-electron chi connectivity index (χ2n) is 3.80. The van der Waals surface area contributed by atoms with E-state index in [1.807, 2.05) is 31.2 Å². The summed E-state index contributed by atoms with van der Waals surface area (Å²) in [6, 6.07) is 7.56. The Morgan fingerprint density at radius 1 is 1.44 bits per heavy atom. The molecule has 6 heteroatoms. The number of amides is 1. The highest BCUT2D eigenvalue weighted by molar-refractivity contribution is 9.10. The van der Waals surface area contributed by atoms with Crippen molar-refractivity contribution in [2.45, 2.75) is 13.3 Å². The van der Waals surface area contributed by atoms with E-state index in [0.29, 0.717) is 13.0 Å². The molecule has 0 aliphatic heterocycles. The largest absolute Gasteiger partial charge is 0.409 e. The van der Waals surface area contributed by atoms with Gasteiger partial charge >= 0.3 is 0 Å². The van der Waals surface area contributed by atoms with E-state index in [-0.39, 0.29) is 18.3 Å². The Balaban J connectivity index is 2.65. The molecule has 0 aliphatic rings. The zero-order chi connectivity index (χ0) is 13.5. The highest BCUT2D eigenvalue weighted by atomic mass is 79.9. The van der Waals surface area contributed by atoms with Gasteiger partial charge in [0, 0.05) is 11.0 Å². The minimum absolute atomic E-state index is 0.0287. The molecule has 1 rings (SSSR count).